The predicted octanol–water partition coefficient (Wildman–Crippen LogP) is 1.93. The normalized spacial score (nSPS) is 18.2. The maximum absolute atomic E-state index is 4.11. The van der Waals surface area contributed by atoms with E-state index in [1.54, 1.807) is 12.4 Å². The topological polar surface area (TPSA) is 37.8 Å². The molecule has 0 amide bonds. The van der Waals surface area contributed by atoms with Crippen molar-refractivity contribution in [3.63, 3.8) is 0 Å². The first kappa shape index (κ1) is 8.48. The van der Waals surface area contributed by atoms with Gasteiger partial charge in [-0.3, -0.25) is 0 Å². The molecule has 3 heteroatoms. The van der Waals surface area contributed by atoms with Crippen LogP contribution in [0.4, 0.5) is 5.95 Å². The molecule has 0 bridgehead atoms. The van der Waals surface area contributed by atoms with Crippen LogP contribution in [0.1, 0.15) is 19.8 Å². The molecule has 1 aromatic heterocycles. The molecule has 1 heterocycles. The molecule has 1 saturated carbocycles. The van der Waals surface area contributed by atoms with Gasteiger partial charge < -0.3 is 5.32 Å². The summed E-state index contributed by atoms with van der Waals surface area (Å²) in [6.45, 7) is 3.28. The van der Waals surface area contributed by atoms with Crippen LogP contribution >= 0.6 is 0 Å². The van der Waals surface area contributed by atoms with E-state index in [9.17, 15) is 0 Å². The Kier molecular flexibility index (Phi) is 2.43. The number of rotatable bonds is 4. The van der Waals surface area contributed by atoms with Crippen LogP contribution in [0.3, 0.4) is 0 Å². The lowest BCUT2D eigenvalue weighted by molar-refractivity contribution is 0.535. The zero-order valence-electron chi connectivity index (χ0n) is 7.90. The predicted molar refractivity (Wildman–Crippen MR) is 52.4 cm³/mol. The molecule has 3 nitrogen and oxygen atoms in total. The number of aromatic nitrogens is 2. The number of nitrogens with zero attached hydrogens (tertiary/aromatic N) is 2. The van der Waals surface area contributed by atoms with E-state index in [1.165, 1.54) is 12.8 Å². The highest BCUT2D eigenvalue weighted by Crippen LogP contribution is 2.36. The van der Waals surface area contributed by atoms with Gasteiger partial charge in [0.15, 0.2) is 0 Å². The molecule has 0 spiro atoms. The maximum atomic E-state index is 4.11. The van der Waals surface area contributed by atoms with Crippen LogP contribution in [-0.2, 0) is 0 Å². The fraction of sp³-hybridized carbons (Fsp3) is 0.600. The van der Waals surface area contributed by atoms with Crippen molar-refractivity contribution in [2.75, 3.05) is 11.9 Å². The van der Waals surface area contributed by atoms with Gasteiger partial charge in [0.1, 0.15) is 0 Å². The maximum Gasteiger partial charge on any atom is 0.222 e. The van der Waals surface area contributed by atoms with E-state index in [1.807, 2.05) is 6.07 Å². The SMILES string of the molecule is CC(CNc1ncccn1)C1CC1. The molecule has 13 heavy (non-hydrogen) atoms. The molecule has 0 saturated heterocycles. The number of hydrogen-bond acceptors (Lipinski definition) is 3. The molecular formula is C10H15N3. The van der Waals surface area contributed by atoms with Crippen molar-refractivity contribution in [3.8, 4) is 0 Å². The Hall–Kier alpha value is -1.12. The smallest absolute Gasteiger partial charge is 0.222 e. The van der Waals surface area contributed by atoms with Gasteiger partial charge in [0.2, 0.25) is 5.95 Å². The van der Waals surface area contributed by atoms with Crippen LogP contribution < -0.4 is 5.32 Å². The molecule has 1 unspecified atom stereocenters. The standard InChI is InChI=1S/C10H15N3/c1-8(9-3-4-9)7-13-10-11-5-2-6-12-10/h2,5-6,8-9H,3-4,7H2,1H3,(H,11,12,13). The third-order valence-electron chi connectivity index (χ3n) is 2.57. The van der Waals surface area contributed by atoms with Gasteiger partial charge in [-0.05, 0) is 30.7 Å². The van der Waals surface area contributed by atoms with Gasteiger partial charge in [0.25, 0.3) is 0 Å². The first-order valence-electron chi connectivity index (χ1n) is 4.87. The van der Waals surface area contributed by atoms with Crippen LogP contribution in [0, 0.1) is 11.8 Å². The van der Waals surface area contributed by atoms with Crippen molar-refractivity contribution in [2.24, 2.45) is 11.8 Å². The van der Waals surface area contributed by atoms with E-state index in [4.69, 9.17) is 0 Å². The second-order valence-electron chi connectivity index (χ2n) is 3.77. The molecule has 1 N–H and O–H groups in total. The first-order valence-corrected chi connectivity index (χ1v) is 4.87. The molecule has 0 aliphatic heterocycles. The molecule has 70 valence electrons. The summed E-state index contributed by atoms with van der Waals surface area (Å²) >= 11 is 0. The second-order valence-corrected chi connectivity index (χ2v) is 3.77. The highest BCUT2D eigenvalue weighted by atomic mass is 15.1. The fourth-order valence-electron chi connectivity index (χ4n) is 1.47. The van der Waals surface area contributed by atoms with Gasteiger partial charge in [-0.15, -0.1) is 0 Å². The zero-order valence-corrected chi connectivity index (χ0v) is 7.90. The molecule has 1 aliphatic rings. The summed E-state index contributed by atoms with van der Waals surface area (Å²) in [7, 11) is 0. The average molecular weight is 177 g/mol. The van der Waals surface area contributed by atoms with Crippen molar-refractivity contribution >= 4 is 5.95 Å². The monoisotopic (exact) mass is 177 g/mol. The Labute approximate surface area is 78.6 Å². The summed E-state index contributed by atoms with van der Waals surface area (Å²) in [6, 6.07) is 1.83. The molecular weight excluding hydrogens is 162 g/mol. The summed E-state index contributed by atoms with van der Waals surface area (Å²) < 4.78 is 0. The van der Waals surface area contributed by atoms with E-state index < -0.39 is 0 Å². The minimum Gasteiger partial charge on any atom is -0.354 e. The van der Waals surface area contributed by atoms with Gasteiger partial charge in [-0.25, -0.2) is 9.97 Å². The second kappa shape index (κ2) is 3.73. The van der Waals surface area contributed by atoms with E-state index in [-0.39, 0.29) is 0 Å². The number of anilines is 1. The Morgan fingerprint density at radius 1 is 1.46 bits per heavy atom. The van der Waals surface area contributed by atoms with Crippen LogP contribution in [0.25, 0.3) is 0 Å². The number of nitrogens with one attached hydrogen (secondary N) is 1. The minimum absolute atomic E-state index is 0.745. The van der Waals surface area contributed by atoms with E-state index in [2.05, 4.69) is 22.2 Å². The van der Waals surface area contributed by atoms with E-state index in [0.717, 1.165) is 24.3 Å². The van der Waals surface area contributed by atoms with Crippen molar-refractivity contribution in [3.05, 3.63) is 18.5 Å². The highest BCUT2D eigenvalue weighted by molar-refractivity contribution is 5.22. The Balaban J connectivity index is 1.78. The van der Waals surface area contributed by atoms with Gasteiger partial charge in [-0.1, -0.05) is 6.92 Å². The van der Waals surface area contributed by atoms with Crippen LogP contribution in [0.2, 0.25) is 0 Å². The summed E-state index contributed by atoms with van der Waals surface area (Å²) in [4.78, 5) is 8.22. The van der Waals surface area contributed by atoms with Gasteiger partial charge in [0, 0.05) is 18.9 Å². The molecule has 1 atom stereocenters. The molecule has 2 rings (SSSR count). The van der Waals surface area contributed by atoms with Crippen molar-refractivity contribution in [2.45, 2.75) is 19.8 Å². The molecule has 1 fully saturated rings. The Morgan fingerprint density at radius 3 is 2.77 bits per heavy atom. The molecule has 1 aromatic rings. The summed E-state index contributed by atoms with van der Waals surface area (Å²) in [5.41, 5.74) is 0. The lowest BCUT2D eigenvalue weighted by Gasteiger charge is -2.10. The van der Waals surface area contributed by atoms with Gasteiger partial charge in [0.05, 0.1) is 0 Å². The van der Waals surface area contributed by atoms with Crippen molar-refractivity contribution in [1.82, 2.24) is 9.97 Å². The fourth-order valence-corrected chi connectivity index (χ4v) is 1.47. The zero-order chi connectivity index (χ0) is 9.10. The summed E-state index contributed by atoms with van der Waals surface area (Å²) in [5.74, 6) is 2.44. The largest absolute Gasteiger partial charge is 0.354 e. The average Bonchev–Trinajstić information content (AvgIpc) is 2.99. The molecule has 0 radical (unpaired) electrons. The van der Waals surface area contributed by atoms with Gasteiger partial charge in [-0.2, -0.15) is 0 Å². The minimum atomic E-state index is 0.745. The van der Waals surface area contributed by atoms with Crippen molar-refractivity contribution in [1.29, 1.82) is 0 Å². The quantitative estimate of drug-likeness (QED) is 0.763. The van der Waals surface area contributed by atoms with E-state index >= 15 is 0 Å². The van der Waals surface area contributed by atoms with Crippen LogP contribution in [0.15, 0.2) is 18.5 Å². The number of hydrogen-bond donors (Lipinski definition) is 1. The van der Waals surface area contributed by atoms with Gasteiger partial charge >= 0.3 is 0 Å². The van der Waals surface area contributed by atoms with E-state index in [0.29, 0.717) is 0 Å². The summed E-state index contributed by atoms with van der Waals surface area (Å²) in [6.07, 6.45) is 6.32. The Morgan fingerprint density at radius 2 is 2.15 bits per heavy atom. The van der Waals surface area contributed by atoms with Crippen LogP contribution in [0.5, 0.6) is 0 Å². The van der Waals surface area contributed by atoms with Crippen molar-refractivity contribution < 1.29 is 0 Å². The van der Waals surface area contributed by atoms with Crippen LogP contribution in [-0.4, -0.2) is 16.5 Å². The summed E-state index contributed by atoms with van der Waals surface area (Å²) in [5, 5.41) is 3.24. The molecule has 1 aliphatic carbocycles. The first-order chi connectivity index (χ1) is 6.36. The Bertz CT molecular complexity index is 256. The highest BCUT2D eigenvalue weighted by Gasteiger charge is 2.27. The third kappa shape index (κ3) is 2.41. The lowest BCUT2D eigenvalue weighted by Crippen LogP contribution is -2.14. The molecule has 0 aromatic carbocycles. The lowest BCUT2D eigenvalue weighted by atomic mass is 10.1. The third-order valence-corrected chi connectivity index (χ3v) is 2.57.